The van der Waals surface area contributed by atoms with Crippen LogP contribution in [0, 0.1) is 5.92 Å². The van der Waals surface area contributed by atoms with Gasteiger partial charge in [-0.05, 0) is 30.9 Å². The van der Waals surface area contributed by atoms with Crippen molar-refractivity contribution in [3.63, 3.8) is 0 Å². The summed E-state index contributed by atoms with van der Waals surface area (Å²) in [5.41, 5.74) is 0. The summed E-state index contributed by atoms with van der Waals surface area (Å²) in [5, 5.41) is 11.4. The quantitative estimate of drug-likeness (QED) is 0.911. The molecular weight excluding hydrogens is 288 g/mol. The van der Waals surface area contributed by atoms with E-state index in [0.29, 0.717) is 5.39 Å². The van der Waals surface area contributed by atoms with Crippen LogP contribution in [-0.4, -0.2) is 42.5 Å². The van der Waals surface area contributed by atoms with Crippen molar-refractivity contribution in [2.24, 2.45) is 5.92 Å². The first-order chi connectivity index (χ1) is 10.00. The molecule has 1 unspecified atom stereocenters. The van der Waals surface area contributed by atoms with Crippen molar-refractivity contribution in [2.45, 2.75) is 23.8 Å². The van der Waals surface area contributed by atoms with E-state index in [9.17, 15) is 13.5 Å². The van der Waals surface area contributed by atoms with Gasteiger partial charge >= 0.3 is 0 Å². The minimum atomic E-state index is -3.62. The van der Waals surface area contributed by atoms with Gasteiger partial charge in [0.1, 0.15) is 0 Å². The molecule has 1 saturated carbocycles. The minimum Gasteiger partial charge on any atom is -0.391 e. The molecule has 1 fully saturated rings. The molecule has 2 aromatic rings. The van der Waals surface area contributed by atoms with Crippen LogP contribution in [0.5, 0.6) is 0 Å². The Balaban J connectivity index is 1.95. The van der Waals surface area contributed by atoms with Crippen molar-refractivity contribution in [3.8, 4) is 0 Å². The molecule has 1 N–H and O–H groups in total. The number of rotatable bonds is 5. The van der Waals surface area contributed by atoms with Crippen molar-refractivity contribution in [1.82, 2.24) is 9.29 Å². The Kier molecular flexibility index (Phi) is 3.69. The first-order valence-corrected chi connectivity index (χ1v) is 8.41. The number of nitrogens with zero attached hydrogens (tertiary/aromatic N) is 2. The van der Waals surface area contributed by atoms with E-state index in [-0.39, 0.29) is 17.4 Å². The zero-order valence-electron chi connectivity index (χ0n) is 11.8. The van der Waals surface area contributed by atoms with Gasteiger partial charge in [-0.3, -0.25) is 4.98 Å². The summed E-state index contributed by atoms with van der Waals surface area (Å²) in [4.78, 5) is 4.27. The predicted octanol–water partition coefficient (Wildman–Crippen LogP) is 1.63. The van der Waals surface area contributed by atoms with Crippen molar-refractivity contribution >= 4 is 20.8 Å². The summed E-state index contributed by atoms with van der Waals surface area (Å²) in [7, 11) is -2.11. The van der Waals surface area contributed by atoms with E-state index in [1.807, 2.05) is 6.07 Å². The number of aliphatic hydroxyl groups excluding tert-OH is 1. The van der Waals surface area contributed by atoms with E-state index in [2.05, 4.69) is 4.98 Å². The molecule has 5 nitrogen and oxygen atoms in total. The largest absolute Gasteiger partial charge is 0.391 e. The van der Waals surface area contributed by atoms with Crippen LogP contribution in [0.25, 0.3) is 10.8 Å². The third kappa shape index (κ3) is 2.79. The minimum absolute atomic E-state index is 0.133. The SMILES string of the molecule is CN(CC(O)C1CC1)S(=O)(=O)c1cccc2cnccc12. The summed E-state index contributed by atoms with van der Waals surface area (Å²) < 4.78 is 26.7. The second-order valence-electron chi connectivity index (χ2n) is 5.54. The molecule has 1 atom stereocenters. The van der Waals surface area contributed by atoms with Crippen LogP contribution in [0.4, 0.5) is 0 Å². The van der Waals surface area contributed by atoms with Crippen LogP contribution in [0.15, 0.2) is 41.6 Å². The highest BCUT2D eigenvalue weighted by molar-refractivity contribution is 7.89. The van der Waals surface area contributed by atoms with Crippen LogP contribution in [-0.2, 0) is 10.0 Å². The number of aliphatic hydroxyl groups is 1. The topological polar surface area (TPSA) is 70.5 Å². The number of pyridine rings is 1. The molecule has 1 aliphatic rings. The maximum Gasteiger partial charge on any atom is 0.243 e. The van der Waals surface area contributed by atoms with Crippen LogP contribution in [0.2, 0.25) is 0 Å². The van der Waals surface area contributed by atoms with E-state index in [1.54, 1.807) is 30.6 Å². The monoisotopic (exact) mass is 306 g/mol. The highest BCUT2D eigenvalue weighted by Crippen LogP contribution is 2.33. The van der Waals surface area contributed by atoms with Gasteiger partial charge in [0.2, 0.25) is 10.0 Å². The van der Waals surface area contributed by atoms with E-state index < -0.39 is 16.1 Å². The Morgan fingerprint density at radius 1 is 1.38 bits per heavy atom. The highest BCUT2D eigenvalue weighted by atomic mass is 32.2. The van der Waals surface area contributed by atoms with Gasteiger partial charge in [-0.15, -0.1) is 0 Å². The molecule has 0 aliphatic heterocycles. The lowest BCUT2D eigenvalue weighted by Gasteiger charge is -2.21. The molecule has 1 aromatic heterocycles. The zero-order chi connectivity index (χ0) is 15.0. The summed E-state index contributed by atoms with van der Waals surface area (Å²) >= 11 is 0. The zero-order valence-corrected chi connectivity index (χ0v) is 12.6. The van der Waals surface area contributed by atoms with Gasteiger partial charge in [0.15, 0.2) is 0 Å². The van der Waals surface area contributed by atoms with Crippen LogP contribution in [0.3, 0.4) is 0 Å². The van der Waals surface area contributed by atoms with Crippen molar-refractivity contribution in [2.75, 3.05) is 13.6 Å². The summed E-state index contributed by atoms with van der Waals surface area (Å²) in [5.74, 6) is 0.249. The second kappa shape index (κ2) is 5.36. The molecule has 6 heteroatoms. The van der Waals surface area contributed by atoms with E-state index >= 15 is 0 Å². The van der Waals surface area contributed by atoms with Crippen LogP contribution >= 0.6 is 0 Å². The van der Waals surface area contributed by atoms with E-state index in [1.165, 1.54) is 11.4 Å². The number of hydrogen-bond donors (Lipinski definition) is 1. The van der Waals surface area contributed by atoms with Gasteiger partial charge in [0.25, 0.3) is 0 Å². The predicted molar refractivity (Wildman–Crippen MR) is 80.3 cm³/mol. The first kappa shape index (κ1) is 14.4. The maximum absolute atomic E-state index is 12.7. The summed E-state index contributed by atoms with van der Waals surface area (Å²) in [6.07, 6.45) is 4.61. The van der Waals surface area contributed by atoms with Gasteiger partial charge in [-0.25, -0.2) is 8.42 Å². The Bertz CT molecular complexity index is 751. The lowest BCUT2D eigenvalue weighted by Crippen LogP contribution is -2.35. The fourth-order valence-corrected chi connectivity index (χ4v) is 3.88. The lowest BCUT2D eigenvalue weighted by molar-refractivity contribution is 0.131. The van der Waals surface area contributed by atoms with Crippen molar-refractivity contribution in [1.29, 1.82) is 0 Å². The number of fused-ring (bicyclic) bond motifs is 1. The van der Waals surface area contributed by atoms with Gasteiger partial charge in [0, 0.05) is 36.8 Å². The average molecular weight is 306 g/mol. The van der Waals surface area contributed by atoms with Crippen molar-refractivity contribution in [3.05, 3.63) is 36.7 Å². The van der Waals surface area contributed by atoms with E-state index in [4.69, 9.17) is 0 Å². The molecule has 3 rings (SSSR count). The Labute approximate surface area is 124 Å². The lowest BCUT2D eigenvalue weighted by atomic mass is 10.2. The number of hydrogen-bond acceptors (Lipinski definition) is 4. The summed E-state index contributed by atoms with van der Waals surface area (Å²) in [6, 6.07) is 6.84. The van der Waals surface area contributed by atoms with Crippen LogP contribution in [0.1, 0.15) is 12.8 Å². The molecule has 0 spiro atoms. The number of likely N-dealkylation sites (N-methyl/N-ethyl adjacent to an activating group) is 1. The Morgan fingerprint density at radius 3 is 2.86 bits per heavy atom. The molecule has 21 heavy (non-hydrogen) atoms. The fourth-order valence-electron chi connectivity index (χ4n) is 2.48. The molecular formula is C15H18N2O3S. The molecule has 0 radical (unpaired) electrons. The highest BCUT2D eigenvalue weighted by Gasteiger charge is 2.33. The molecule has 0 bridgehead atoms. The third-order valence-electron chi connectivity index (χ3n) is 3.94. The molecule has 0 saturated heterocycles. The fraction of sp³-hybridized carbons (Fsp3) is 0.400. The van der Waals surface area contributed by atoms with Gasteiger partial charge in [0.05, 0.1) is 11.0 Å². The smallest absolute Gasteiger partial charge is 0.243 e. The van der Waals surface area contributed by atoms with Gasteiger partial charge in [-0.2, -0.15) is 4.31 Å². The molecule has 1 heterocycles. The van der Waals surface area contributed by atoms with Gasteiger partial charge < -0.3 is 5.11 Å². The first-order valence-electron chi connectivity index (χ1n) is 6.97. The second-order valence-corrected chi connectivity index (χ2v) is 7.56. The standard InChI is InChI=1S/C15H18N2O3S/c1-17(10-14(18)11-5-6-11)21(19,20)15-4-2-3-12-9-16-8-7-13(12)15/h2-4,7-9,11,14,18H,5-6,10H2,1H3. The molecule has 1 aromatic carbocycles. The molecule has 0 amide bonds. The van der Waals surface area contributed by atoms with Crippen molar-refractivity contribution < 1.29 is 13.5 Å². The third-order valence-corrected chi connectivity index (χ3v) is 5.82. The summed E-state index contributed by atoms with van der Waals surface area (Å²) in [6.45, 7) is 0.133. The molecule has 1 aliphatic carbocycles. The van der Waals surface area contributed by atoms with Gasteiger partial charge in [-0.1, -0.05) is 12.1 Å². The Morgan fingerprint density at radius 2 is 2.14 bits per heavy atom. The maximum atomic E-state index is 12.7. The Hall–Kier alpha value is -1.50. The normalized spacial score (nSPS) is 17.3. The number of sulfonamides is 1. The number of benzene rings is 1. The van der Waals surface area contributed by atoms with Crippen LogP contribution < -0.4 is 0 Å². The number of aromatic nitrogens is 1. The molecule has 112 valence electrons. The van der Waals surface area contributed by atoms with E-state index in [0.717, 1.165) is 18.2 Å². The average Bonchev–Trinajstić information content (AvgIpc) is 3.31.